The molecule has 2 aromatic rings. The van der Waals surface area contributed by atoms with Crippen molar-refractivity contribution in [3.8, 4) is 0 Å². The highest BCUT2D eigenvalue weighted by atomic mass is 16.5. The van der Waals surface area contributed by atoms with E-state index in [1.54, 1.807) is 4.52 Å². The predicted molar refractivity (Wildman–Crippen MR) is 92.3 cm³/mol. The van der Waals surface area contributed by atoms with Crippen molar-refractivity contribution in [3.05, 3.63) is 24.7 Å². The highest BCUT2D eigenvalue weighted by molar-refractivity contribution is 5.90. The van der Waals surface area contributed by atoms with E-state index < -0.39 is 0 Å². The summed E-state index contributed by atoms with van der Waals surface area (Å²) in [6.45, 7) is 2.55. The Morgan fingerprint density at radius 3 is 2.88 bits per heavy atom. The molecular formula is C18H23N5O2. The van der Waals surface area contributed by atoms with Crippen LogP contribution in [0.5, 0.6) is 0 Å². The molecule has 0 bridgehead atoms. The van der Waals surface area contributed by atoms with Gasteiger partial charge in [0.05, 0.1) is 11.9 Å². The van der Waals surface area contributed by atoms with E-state index in [0.29, 0.717) is 17.4 Å². The van der Waals surface area contributed by atoms with Gasteiger partial charge in [-0.15, -0.1) is 0 Å². The first-order valence-corrected chi connectivity index (χ1v) is 9.20. The van der Waals surface area contributed by atoms with Crippen LogP contribution in [0.3, 0.4) is 0 Å². The second-order valence-corrected chi connectivity index (χ2v) is 7.65. The molecule has 1 spiro atoms. The van der Waals surface area contributed by atoms with E-state index in [0.717, 1.165) is 43.9 Å². The zero-order chi connectivity index (χ0) is 16.9. The number of nitrogens with one attached hydrogen (secondary N) is 1. The fourth-order valence-electron chi connectivity index (χ4n) is 4.90. The van der Waals surface area contributed by atoms with Gasteiger partial charge in [-0.05, 0) is 43.7 Å². The minimum absolute atomic E-state index is 0.00785. The first-order chi connectivity index (χ1) is 12.3. The van der Waals surface area contributed by atoms with Crippen LogP contribution in [0.4, 0.5) is 10.5 Å². The second-order valence-electron chi connectivity index (χ2n) is 7.65. The first-order valence-electron chi connectivity index (χ1n) is 9.20. The Balaban J connectivity index is 1.33. The summed E-state index contributed by atoms with van der Waals surface area (Å²) in [6.07, 6.45) is 9.30. The first kappa shape index (κ1) is 15.1. The Kier molecular flexibility index (Phi) is 3.45. The number of likely N-dealkylation sites (tertiary alicyclic amines) is 1. The maximum Gasteiger partial charge on any atom is 0.322 e. The Morgan fingerprint density at radius 2 is 2.12 bits per heavy atom. The van der Waals surface area contributed by atoms with Crippen molar-refractivity contribution in [3.63, 3.8) is 0 Å². The molecule has 4 heterocycles. The van der Waals surface area contributed by atoms with Crippen molar-refractivity contribution in [1.29, 1.82) is 0 Å². The minimum Gasteiger partial charge on any atom is -0.381 e. The lowest BCUT2D eigenvalue weighted by Crippen LogP contribution is -2.72. The molecule has 0 radical (unpaired) electrons. The molecule has 1 N–H and O–H groups in total. The lowest BCUT2D eigenvalue weighted by Gasteiger charge is -2.64. The van der Waals surface area contributed by atoms with Gasteiger partial charge in [-0.1, -0.05) is 6.42 Å². The molecule has 3 fully saturated rings. The van der Waals surface area contributed by atoms with Crippen LogP contribution in [0.2, 0.25) is 0 Å². The highest BCUT2D eigenvalue weighted by Gasteiger charge is 2.59. The lowest BCUT2D eigenvalue weighted by atomic mass is 9.54. The van der Waals surface area contributed by atoms with Crippen LogP contribution < -0.4 is 5.32 Å². The van der Waals surface area contributed by atoms with Crippen molar-refractivity contribution in [2.24, 2.45) is 11.3 Å². The molecule has 2 amide bonds. The number of hydrogen-bond acceptors (Lipinski definition) is 4. The van der Waals surface area contributed by atoms with Crippen molar-refractivity contribution < 1.29 is 9.53 Å². The zero-order valence-corrected chi connectivity index (χ0v) is 14.2. The van der Waals surface area contributed by atoms with Crippen molar-refractivity contribution in [1.82, 2.24) is 19.5 Å². The average Bonchev–Trinajstić information content (AvgIpc) is 3.01. The van der Waals surface area contributed by atoms with Crippen LogP contribution in [0.25, 0.3) is 5.65 Å². The molecule has 7 nitrogen and oxygen atoms in total. The number of urea groups is 1. The van der Waals surface area contributed by atoms with Gasteiger partial charge in [0.2, 0.25) is 0 Å². The van der Waals surface area contributed by atoms with Crippen molar-refractivity contribution >= 4 is 17.4 Å². The molecule has 0 aromatic carbocycles. The Hall–Kier alpha value is -2.15. The van der Waals surface area contributed by atoms with Gasteiger partial charge in [-0.25, -0.2) is 14.3 Å². The standard InChI is InChI=1S/C18H23N5O2/c24-17(21-14-2-3-15-19-12-20-23(15)10-14)22-11-18(6-1-7-18)16(22)13-4-8-25-9-5-13/h2-3,10,12-13,16H,1,4-9,11H2,(H,21,24). The predicted octanol–water partition coefficient (Wildman–Crippen LogP) is 2.54. The minimum atomic E-state index is 0.00785. The van der Waals surface area contributed by atoms with Crippen LogP contribution in [0, 0.1) is 11.3 Å². The number of nitrogens with zero attached hydrogens (tertiary/aromatic N) is 4. The summed E-state index contributed by atoms with van der Waals surface area (Å²) in [6, 6.07) is 4.13. The summed E-state index contributed by atoms with van der Waals surface area (Å²) in [7, 11) is 0. The number of ether oxygens (including phenoxy) is 1. The van der Waals surface area contributed by atoms with E-state index in [9.17, 15) is 4.79 Å². The van der Waals surface area contributed by atoms with Gasteiger partial charge in [0.25, 0.3) is 0 Å². The van der Waals surface area contributed by atoms with Gasteiger partial charge in [-0.2, -0.15) is 5.10 Å². The van der Waals surface area contributed by atoms with E-state index in [2.05, 4.69) is 20.3 Å². The Morgan fingerprint density at radius 1 is 1.28 bits per heavy atom. The number of pyridine rings is 1. The topological polar surface area (TPSA) is 71.8 Å². The van der Waals surface area contributed by atoms with Crippen molar-refractivity contribution in [2.45, 2.75) is 38.1 Å². The van der Waals surface area contributed by atoms with E-state index in [-0.39, 0.29) is 6.03 Å². The monoisotopic (exact) mass is 341 g/mol. The van der Waals surface area contributed by atoms with Gasteiger partial charge in [-0.3, -0.25) is 0 Å². The summed E-state index contributed by atoms with van der Waals surface area (Å²) in [5, 5.41) is 7.17. The summed E-state index contributed by atoms with van der Waals surface area (Å²) in [5.74, 6) is 0.575. The van der Waals surface area contributed by atoms with E-state index >= 15 is 0 Å². The van der Waals surface area contributed by atoms with E-state index in [1.165, 1.54) is 25.6 Å². The number of rotatable bonds is 2. The molecule has 7 heteroatoms. The van der Waals surface area contributed by atoms with E-state index in [4.69, 9.17) is 4.74 Å². The SMILES string of the molecule is O=C(Nc1ccc2ncnn2c1)N1CC2(CCC2)C1C1CCOCC1. The maximum absolute atomic E-state index is 12.9. The number of hydrogen-bond donors (Lipinski definition) is 1. The molecule has 2 aliphatic heterocycles. The third-order valence-electron chi connectivity index (χ3n) is 6.30. The van der Waals surface area contributed by atoms with Crippen LogP contribution >= 0.6 is 0 Å². The third-order valence-corrected chi connectivity index (χ3v) is 6.30. The van der Waals surface area contributed by atoms with Crippen LogP contribution in [0.1, 0.15) is 32.1 Å². The summed E-state index contributed by atoms with van der Waals surface area (Å²) >= 11 is 0. The molecule has 25 heavy (non-hydrogen) atoms. The highest BCUT2D eigenvalue weighted by Crippen LogP contribution is 2.56. The van der Waals surface area contributed by atoms with Gasteiger partial charge < -0.3 is 15.0 Å². The Bertz CT molecular complexity index is 794. The maximum atomic E-state index is 12.9. The molecule has 2 aromatic heterocycles. The molecule has 1 saturated carbocycles. The fourth-order valence-corrected chi connectivity index (χ4v) is 4.90. The number of carbonyl (C=O) groups is 1. The summed E-state index contributed by atoms with van der Waals surface area (Å²) in [4.78, 5) is 19.1. The van der Waals surface area contributed by atoms with Gasteiger partial charge in [0.15, 0.2) is 5.65 Å². The van der Waals surface area contributed by atoms with E-state index in [1.807, 2.05) is 18.3 Å². The fraction of sp³-hybridized carbons (Fsp3) is 0.611. The smallest absolute Gasteiger partial charge is 0.322 e. The number of anilines is 1. The number of carbonyl (C=O) groups excluding carboxylic acids is 1. The van der Waals surface area contributed by atoms with Gasteiger partial charge in [0.1, 0.15) is 6.33 Å². The number of aromatic nitrogens is 3. The molecule has 1 unspecified atom stereocenters. The normalized spacial score (nSPS) is 25.6. The average molecular weight is 341 g/mol. The molecule has 1 atom stereocenters. The second kappa shape index (κ2) is 5.69. The quantitative estimate of drug-likeness (QED) is 0.911. The zero-order valence-electron chi connectivity index (χ0n) is 14.2. The summed E-state index contributed by atoms with van der Waals surface area (Å²) < 4.78 is 7.20. The molecule has 3 aliphatic rings. The molecule has 5 rings (SSSR count). The van der Waals surface area contributed by atoms with Gasteiger partial charge >= 0.3 is 6.03 Å². The molecular weight excluding hydrogens is 318 g/mol. The number of amides is 2. The molecule has 2 saturated heterocycles. The van der Waals surface area contributed by atoms with Gasteiger partial charge in [0, 0.05) is 31.2 Å². The van der Waals surface area contributed by atoms with Crippen LogP contribution in [-0.4, -0.2) is 51.3 Å². The third kappa shape index (κ3) is 2.40. The van der Waals surface area contributed by atoms with Crippen molar-refractivity contribution in [2.75, 3.05) is 25.1 Å². The summed E-state index contributed by atoms with van der Waals surface area (Å²) in [5.41, 5.74) is 1.91. The number of fused-ring (bicyclic) bond motifs is 1. The Labute approximate surface area is 146 Å². The lowest BCUT2D eigenvalue weighted by molar-refractivity contribution is -0.135. The largest absolute Gasteiger partial charge is 0.381 e. The van der Waals surface area contributed by atoms with Crippen LogP contribution in [-0.2, 0) is 4.74 Å². The molecule has 132 valence electrons. The van der Waals surface area contributed by atoms with Crippen LogP contribution in [0.15, 0.2) is 24.7 Å². The molecule has 1 aliphatic carbocycles.